The molecule has 8 nitrogen and oxygen atoms in total. The van der Waals surface area contributed by atoms with Crippen molar-refractivity contribution >= 4 is 22.4 Å². The van der Waals surface area contributed by atoms with Crippen molar-refractivity contribution in [3.05, 3.63) is 12.3 Å². The number of ether oxygens (including phenoxy) is 1. The molecule has 0 radical (unpaired) electrons. The van der Waals surface area contributed by atoms with Crippen molar-refractivity contribution < 1.29 is 14.1 Å². The lowest BCUT2D eigenvalue weighted by Gasteiger charge is -2.28. The van der Waals surface area contributed by atoms with E-state index in [0.29, 0.717) is 42.1 Å². The Hall–Kier alpha value is -2.00. The molecular formula is C12H15N5O3S. The third-order valence-electron chi connectivity index (χ3n) is 3.13. The zero-order chi connectivity index (χ0) is 14.7. The van der Waals surface area contributed by atoms with Gasteiger partial charge in [0.25, 0.3) is 0 Å². The number of morpholine rings is 1. The summed E-state index contributed by atoms with van der Waals surface area (Å²) < 4.78 is 10.0. The van der Waals surface area contributed by atoms with Gasteiger partial charge in [-0.05, 0) is 0 Å². The Morgan fingerprint density at radius 3 is 2.95 bits per heavy atom. The van der Waals surface area contributed by atoms with E-state index in [1.807, 2.05) is 7.05 Å². The van der Waals surface area contributed by atoms with Gasteiger partial charge in [-0.3, -0.25) is 4.79 Å². The highest BCUT2D eigenvalue weighted by Crippen LogP contribution is 2.26. The van der Waals surface area contributed by atoms with Gasteiger partial charge in [0.1, 0.15) is 12.0 Å². The monoisotopic (exact) mass is 309 g/mol. The highest BCUT2D eigenvalue weighted by Gasteiger charge is 2.20. The van der Waals surface area contributed by atoms with Crippen LogP contribution < -0.4 is 4.90 Å². The highest BCUT2D eigenvalue weighted by molar-refractivity contribution is 7.18. The third-order valence-corrected chi connectivity index (χ3v) is 4.19. The Labute approximate surface area is 125 Å². The summed E-state index contributed by atoms with van der Waals surface area (Å²) in [5.74, 6) is 0.0685. The number of rotatable bonds is 4. The average molecular weight is 309 g/mol. The van der Waals surface area contributed by atoms with E-state index in [9.17, 15) is 4.79 Å². The lowest BCUT2D eigenvalue weighted by atomic mass is 10.4. The molecule has 2 aromatic heterocycles. The largest absolute Gasteiger partial charge is 0.378 e. The quantitative estimate of drug-likeness (QED) is 0.812. The van der Waals surface area contributed by atoms with Gasteiger partial charge in [0.05, 0.1) is 19.8 Å². The van der Waals surface area contributed by atoms with Crippen LogP contribution in [0.5, 0.6) is 0 Å². The molecule has 3 rings (SSSR count). The summed E-state index contributed by atoms with van der Waals surface area (Å²) >= 11 is 1.37. The van der Waals surface area contributed by atoms with E-state index in [2.05, 4.69) is 15.4 Å². The summed E-state index contributed by atoms with van der Waals surface area (Å²) in [6, 6.07) is 1.73. The Kier molecular flexibility index (Phi) is 4.11. The predicted molar refractivity (Wildman–Crippen MR) is 76.1 cm³/mol. The molecule has 1 saturated heterocycles. The van der Waals surface area contributed by atoms with Crippen molar-refractivity contribution in [3.63, 3.8) is 0 Å². The number of hydrogen-bond acceptors (Lipinski definition) is 8. The van der Waals surface area contributed by atoms with Crippen molar-refractivity contribution in [3.8, 4) is 10.7 Å². The first kappa shape index (κ1) is 14.0. The van der Waals surface area contributed by atoms with Crippen LogP contribution in [0.15, 0.2) is 16.9 Å². The van der Waals surface area contributed by atoms with Gasteiger partial charge in [-0.2, -0.15) is 0 Å². The Balaban J connectivity index is 1.62. The van der Waals surface area contributed by atoms with E-state index < -0.39 is 0 Å². The van der Waals surface area contributed by atoms with Gasteiger partial charge in [0.15, 0.2) is 5.01 Å². The first-order valence-electron chi connectivity index (χ1n) is 6.55. The van der Waals surface area contributed by atoms with Crippen LogP contribution in [-0.2, 0) is 9.53 Å². The highest BCUT2D eigenvalue weighted by atomic mass is 32.1. The molecule has 9 heteroatoms. The van der Waals surface area contributed by atoms with Gasteiger partial charge in [-0.15, -0.1) is 10.2 Å². The van der Waals surface area contributed by atoms with Crippen LogP contribution in [0.3, 0.4) is 0 Å². The van der Waals surface area contributed by atoms with Gasteiger partial charge in [-0.25, -0.2) is 0 Å². The van der Waals surface area contributed by atoms with Crippen LogP contribution in [0.1, 0.15) is 0 Å². The maximum atomic E-state index is 12.2. The Morgan fingerprint density at radius 1 is 1.43 bits per heavy atom. The minimum Gasteiger partial charge on any atom is -0.378 e. The molecule has 2 aromatic rings. The summed E-state index contributed by atoms with van der Waals surface area (Å²) in [5.41, 5.74) is 0.645. The molecule has 0 N–H and O–H groups in total. The minimum absolute atomic E-state index is 0.0685. The predicted octanol–water partition coefficient (Wildman–Crippen LogP) is 0.488. The van der Waals surface area contributed by atoms with Gasteiger partial charge >= 0.3 is 0 Å². The van der Waals surface area contributed by atoms with Crippen molar-refractivity contribution in [2.24, 2.45) is 0 Å². The fourth-order valence-corrected chi connectivity index (χ4v) is 2.75. The van der Waals surface area contributed by atoms with Crippen LogP contribution >= 0.6 is 11.3 Å². The standard InChI is InChI=1S/C12H15N5O3S/c1-16(8-10(18)17-3-6-19-7-4-17)12-14-13-11(21-12)9-2-5-20-15-9/h2,5H,3-4,6-8H2,1H3. The minimum atomic E-state index is 0.0685. The van der Waals surface area contributed by atoms with E-state index in [-0.39, 0.29) is 12.5 Å². The fraction of sp³-hybridized carbons (Fsp3) is 0.500. The molecule has 1 amide bonds. The van der Waals surface area contributed by atoms with Gasteiger partial charge in [0.2, 0.25) is 11.0 Å². The molecular weight excluding hydrogens is 294 g/mol. The van der Waals surface area contributed by atoms with E-state index in [1.165, 1.54) is 17.6 Å². The van der Waals surface area contributed by atoms with Gasteiger partial charge in [0, 0.05) is 26.2 Å². The molecule has 112 valence electrons. The summed E-state index contributed by atoms with van der Waals surface area (Å²) in [6.07, 6.45) is 1.49. The second-order valence-electron chi connectivity index (χ2n) is 4.62. The molecule has 0 saturated carbocycles. The summed E-state index contributed by atoms with van der Waals surface area (Å²) in [5, 5.41) is 13.3. The zero-order valence-corrected chi connectivity index (χ0v) is 12.4. The molecule has 0 unspecified atom stereocenters. The number of amides is 1. The number of aromatic nitrogens is 3. The number of carbonyl (C=O) groups excluding carboxylic acids is 1. The van der Waals surface area contributed by atoms with Crippen molar-refractivity contribution in [2.45, 2.75) is 0 Å². The van der Waals surface area contributed by atoms with Crippen LogP contribution in [0.4, 0.5) is 5.13 Å². The number of hydrogen-bond donors (Lipinski definition) is 0. The molecule has 21 heavy (non-hydrogen) atoms. The second kappa shape index (κ2) is 6.19. The smallest absolute Gasteiger partial charge is 0.242 e. The fourth-order valence-electron chi connectivity index (χ4n) is 1.98. The molecule has 0 spiro atoms. The number of anilines is 1. The van der Waals surface area contributed by atoms with E-state index in [0.717, 1.165) is 0 Å². The maximum absolute atomic E-state index is 12.2. The number of likely N-dealkylation sites (N-methyl/N-ethyl adjacent to an activating group) is 1. The normalized spacial score (nSPS) is 15.2. The van der Waals surface area contributed by atoms with Crippen LogP contribution in [0, 0.1) is 0 Å². The van der Waals surface area contributed by atoms with Crippen molar-refractivity contribution in [1.29, 1.82) is 0 Å². The Morgan fingerprint density at radius 2 is 2.24 bits per heavy atom. The second-order valence-corrected chi connectivity index (χ2v) is 5.58. The number of nitrogens with zero attached hydrogens (tertiary/aromatic N) is 5. The molecule has 0 bridgehead atoms. The summed E-state index contributed by atoms with van der Waals surface area (Å²) in [4.78, 5) is 15.8. The zero-order valence-electron chi connectivity index (χ0n) is 11.6. The SMILES string of the molecule is CN(CC(=O)N1CCOCC1)c1nnc(-c2ccon2)s1. The first-order chi connectivity index (χ1) is 10.2. The molecule has 0 aliphatic carbocycles. The van der Waals surface area contributed by atoms with Gasteiger partial charge < -0.3 is 19.1 Å². The van der Waals surface area contributed by atoms with Crippen LogP contribution in [0.2, 0.25) is 0 Å². The first-order valence-corrected chi connectivity index (χ1v) is 7.36. The average Bonchev–Trinajstić information content (AvgIpc) is 3.19. The number of carbonyl (C=O) groups is 1. The summed E-state index contributed by atoms with van der Waals surface area (Å²) in [7, 11) is 1.82. The molecule has 1 fully saturated rings. The van der Waals surface area contributed by atoms with E-state index in [1.54, 1.807) is 15.9 Å². The van der Waals surface area contributed by atoms with Crippen LogP contribution in [-0.4, -0.2) is 66.1 Å². The van der Waals surface area contributed by atoms with E-state index >= 15 is 0 Å². The third kappa shape index (κ3) is 3.19. The maximum Gasteiger partial charge on any atom is 0.242 e. The van der Waals surface area contributed by atoms with Crippen molar-refractivity contribution in [1.82, 2.24) is 20.3 Å². The Bertz CT molecular complexity index is 594. The molecule has 0 aromatic carbocycles. The lowest BCUT2D eigenvalue weighted by molar-refractivity contribution is -0.133. The molecule has 3 heterocycles. The lowest BCUT2D eigenvalue weighted by Crippen LogP contribution is -2.45. The van der Waals surface area contributed by atoms with E-state index in [4.69, 9.17) is 9.26 Å². The van der Waals surface area contributed by atoms with Gasteiger partial charge in [-0.1, -0.05) is 16.5 Å². The molecule has 0 atom stereocenters. The van der Waals surface area contributed by atoms with Crippen LogP contribution in [0.25, 0.3) is 10.7 Å². The topological polar surface area (TPSA) is 84.6 Å². The molecule has 1 aliphatic rings. The summed E-state index contributed by atoms with van der Waals surface area (Å²) in [6.45, 7) is 2.77. The van der Waals surface area contributed by atoms with Crippen molar-refractivity contribution in [2.75, 3.05) is 44.8 Å². The molecule has 1 aliphatic heterocycles.